The van der Waals surface area contributed by atoms with Gasteiger partial charge in [0.15, 0.2) is 0 Å². The molecule has 0 unspecified atom stereocenters. The van der Waals surface area contributed by atoms with Crippen molar-refractivity contribution < 1.29 is 14.3 Å². The Morgan fingerprint density at radius 3 is 2.56 bits per heavy atom. The second-order valence-corrected chi connectivity index (χ2v) is 6.30. The van der Waals surface area contributed by atoms with Crippen LogP contribution in [-0.2, 0) is 12.8 Å². The number of likely N-dealkylation sites (N-methyl/N-ethyl adjacent to an activating group) is 1. The SMILES string of the molecule is CN(CCc1ccccc1)c1ncc(C(=O)O)c(Cc2cccc(F)c2)n1. The fourth-order valence-electron chi connectivity index (χ4n) is 2.79. The summed E-state index contributed by atoms with van der Waals surface area (Å²) < 4.78 is 13.4. The topological polar surface area (TPSA) is 66.3 Å². The number of nitrogens with zero attached hydrogens (tertiary/aromatic N) is 3. The maximum absolute atomic E-state index is 13.4. The van der Waals surface area contributed by atoms with Crippen molar-refractivity contribution in [3.63, 3.8) is 0 Å². The van der Waals surface area contributed by atoms with Gasteiger partial charge < -0.3 is 10.0 Å². The Morgan fingerprint density at radius 2 is 1.85 bits per heavy atom. The van der Waals surface area contributed by atoms with Gasteiger partial charge in [-0.1, -0.05) is 42.5 Å². The van der Waals surface area contributed by atoms with Crippen LogP contribution in [0.2, 0.25) is 0 Å². The molecule has 5 nitrogen and oxygen atoms in total. The van der Waals surface area contributed by atoms with Gasteiger partial charge in [0.25, 0.3) is 0 Å². The number of hydrogen-bond acceptors (Lipinski definition) is 4. The molecule has 3 rings (SSSR count). The van der Waals surface area contributed by atoms with Crippen LogP contribution in [0.1, 0.15) is 27.2 Å². The maximum atomic E-state index is 13.4. The molecule has 0 fully saturated rings. The summed E-state index contributed by atoms with van der Waals surface area (Å²) in [7, 11) is 1.87. The van der Waals surface area contributed by atoms with E-state index in [9.17, 15) is 14.3 Å². The molecule has 0 amide bonds. The number of aromatic carboxylic acids is 1. The third kappa shape index (κ3) is 4.88. The summed E-state index contributed by atoms with van der Waals surface area (Å²) in [5.74, 6) is -1.01. The quantitative estimate of drug-likeness (QED) is 0.693. The highest BCUT2D eigenvalue weighted by Gasteiger charge is 2.16. The molecule has 27 heavy (non-hydrogen) atoms. The fraction of sp³-hybridized carbons (Fsp3) is 0.190. The summed E-state index contributed by atoms with van der Waals surface area (Å²) >= 11 is 0. The molecule has 3 aromatic rings. The number of anilines is 1. The fourth-order valence-corrected chi connectivity index (χ4v) is 2.79. The number of halogens is 1. The van der Waals surface area contributed by atoms with Crippen LogP contribution < -0.4 is 4.90 Å². The predicted octanol–water partition coefficient (Wildman–Crippen LogP) is 3.58. The van der Waals surface area contributed by atoms with Gasteiger partial charge >= 0.3 is 5.97 Å². The highest BCUT2D eigenvalue weighted by molar-refractivity contribution is 5.88. The van der Waals surface area contributed by atoms with E-state index in [1.165, 1.54) is 23.9 Å². The van der Waals surface area contributed by atoms with Crippen LogP contribution in [-0.4, -0.2) is 34.6 Å². The van der Waals surface area contributed by atoms with E-state index in [2.05, 4.69) is 22.1 Å². The molecule has 138 valence electrons. The van der Waals surface area contributed by atoms with Gasteiger partial charge in [-0.3, -0.25) is 0 Å². The minimum Gasteiger partial charge on any atom is -0.478 e. The minimum atomic E-state index is -1.10. The van der Waals surface area contributed by atoms with E-state index in [4.69, 9.17) is 0 Å². The molecule has 2 aromatic carbocycles. The lowest BCUT2D eigenvalue weighted by Crippen LogP contribution is -2.24. The monoisotopic (exact) mass is 365 g/mol. The lowest BCUT2D eigenvalue weighted by Gasteiger charge is -2.18. The van der Waals surface area contributed by atoms with E-state index in [0.717, 1.165) is 6.42 Å². The van der Waals surface area contributed by atoms with Gasteiger partial charge in [0.2, 0.25) is 5.95 Å². The number of benzene rings is 2. The highest BCUT2D eigenvalue weighted by atomic mass is 19.1. The normalized spacial score (nSPS) is 10.6. The molecular formula is C21H20FN3O2. The van der Waals surface area contributed by atoms with Crippen LogP contribution in [0.25, 0.3) is 0 Å². The molecule has 0 aliphatic heterocycles. The van der Waals surface area contributed by atoms with E-state index in [1.807, 2.05) is 30.1 Å². The summed E-state index contributed by atoms with van der Waals surface area (Å²) in [6, 6.07) is 16.1. The molecule has 0 saturated heterocycles. The first-order chi connectivity index (χ1) is 13.0. The lowest BCUT2D eigenvalue weighted by molar-refractivity contribution is 0.0695. The van der Waals surface area contributed by atoms with Gasteiger partial charge in [0, 0.05) is 26.2 Å². The zero-order valence-electron chi connectivity index (χ0n) is 15.0. The van der Waals surface area contributed by atoms with Crippen molar-refractivity contribution in [2.75, 3.05) is 18.5 Å². The summed E-state index contributed by atoms with van der Waals surface area (Å²) in [6.45, 7) is 0.690. The van der Waals surface area contributed by atoms with Gasteiger partial charge in [-0.15, -0.1) is 0 Å². The number of carboxylic acids is 1. The zero-order chi connectivity index (χ0) is 19.2. The van der Waals surface area contributed by atoms with E-state index in [0.29, 0.717) is 23.8 Å². The Labute approximate surface area is 157 Å². The molecule has 0 atom stereocenters. The van der Waals surface area contributed by atoms with Gasteiger partial charge in [-0.05, 0) is 29.7 Å². The van der Waals surface area contributed by atoms with Gasteiger partial charge in [0.05, 0.1) is 11.3 Å². The molecule has 0 bridgehead atoms. The molecule has 0 aliphatic carbocycles. The first-order valence-corrected chi connectivity index (χ1v) is 8.61. The maximum Gasteiger partial charge on any atom is 0.339 e. The molecule has 0 saturated carbocycles. The first kappa shape index (κ1) is 18.5. The predicted molar refractivity (Wildman–Crippen MR) is 102 cm³/mol. The van der Waals surface area contributed by atoms with Crippen LogP contribution in [0, 0.1) is 5.82 Å². The van der Waals surface area contributed by atoms with Gasteiger partial charge in [-0.25, -0.2) is 19.2 Å². The summed E-state index contributed by atoms with van der Waals surface area (Å²) in [5.41, 5.74) is 2.25. The number of aromatic nitrogens is 2. The van der Waals surface area contributed by atoms with Gasteiger partial charge in [-0.2, -0.15) is 0 Å². The van der Waals surface area contributed by atoms with Crippen molar-refractivity contribution in [3.8, 4) is 0 Å². The molecule has 0 aliphatic rings. The standard InChI is InChI=1S/C21H20FN3O2/c1-25(11-10-15-6-3-2-4-7-15)21-23-14-18(20(26)27)19(24-21)13-16-8-5-9-17(22)12-16/h2-9,12,14H,10-11,13H2,1H3,(H,26,27). The van der Waals surface area contributed by atoms with Crippen LogP contribution >= 0.6 is 0 Å². The molecule has 0 radical (unpaired) electrons. The second-order valence-electron chi connectivity index (χ2n) is 6.30. The average molecular weight is 365 g/mol. The van der Waals surface area contributed by atoms with Gasteiger partial charge in [0.1, 0.15) is 5.82 Å². The van der Waals surface area contributed by atoms with Crippen molar-refractivity contribution in [1.82, 2.24) is 9.97 Å². The largest absolute Gasteiger partial charge is 0.478 e. The van der Waals surface area contributed by atoms with Crippen LogP contribution in [0.5, 0.6) is 0 Å². The number of carboxylic acid groups (broad SMARTS) is 1. The molecule has 1 heterocycles. The average Bonchev–Trinajstić information content (AvgIpc) is 2.66. The van der Waals surface area contributed by atoms with Crippen LogP contribution in [0.3, 0.4) is 0 Å². The van der Waals surface area contributed by atoms with Crippen molar-refractivity contribution in [1.29, 1.82) is 0 Å². The van der Waals surface area contributed by atoms with Crippen LogP contribution in [0.4, 0.5) is 10.3 Å². The van der Waals surface area contributed by atoms with E-state index in [1.54, 1.807) is 12.1 Å². The molecular weight excluding hydrogens is 345 g/mol. The number of hydrogen-bond donors (Lipinski definition) is 1. The van der Waals surface area contributed by atoms with Crippen molar-refractivity contribution in [3.05, 3.63) is 89.0 Å². The van der Waals surface area contributed by atoms with E-state index in [-0.39, 0.29) is 17.8 Å². The zero-order valence-corrected chi connectivity index (χ0v) is 15.0. The Morgan fingerprint density at radius 1 is 1.11 bits per heavy atom. The van der Waals surface area contributed by atoms with E-state index < -0.39 is 5.97 Å². The summed E-state index contributed by atoms with van der Waals surface area (Å²) in [5, 5.41) is 9.41. The molecule has 1 aromatic heterocycles. The molecule has 0 spiro atoms. The third-order valence-corrected chi connectivity index (χ3v) is 4.27. The van der Waals surface area contributed by atoms with E-state index >= 15 is 0 Å². The minimum absolute atomic E-state index is 0.0273. The molecule has 6 heteroatoms. The smallest absolute Gasteiger partial charge is 0.339 e. The molecule has 1 N–H and O–H groups in total. The Hall–Kier alpha value is -3.28. The van der Waals surface area contributed by atoms with Crippen LogP contribution in [0.15, 0.2) is 60.8 Å². The lowest BCUT2D eigenvalue weighted by atomic mass is 10.1. The number of rotatable bonds is 7. The Kier molecular flexibility index (Phi) is 5.76. The first-order valence-electron chi connectivity index (χ1n) is 8.61. The highest BCUT2D eigenvalue weighted by Crippen LogP contribution is 2.16. The third-order valence-electron chi connectivity index (χ3n) is 4.27. The Balaban J connectivity index is 1.80. The Bertz CT molecular complexity index is 932. The van der Waals surface area contributed by atoms with Crippen molar-refractivity contribution in [2.45, 2.75) is 12.8 Å². The summed E-state index contributed by atoms with van der Waals surface area (Å²) in [4.78, 5) is 22.0. The van der Waals surface area contributed by atoms with Crippen molar-refractivity contribution in [2.24, 2.45) is 0 Å². The summed E-state index contributed by atoms with van der Waals surface area (Å²) in [6.07, 6.45) is 2.36. The second kappa shape index (κ2) is 8.40. The van der Waals surface area contributed by atoms with Crippen molar-refractivity contribution >= 4 is 11.9 Å². The number of carbonyl (C=O) groups is 1.